The monoisotopic (exact) mass is 155 g/mol. The first kappa shape index (κ1) is 7.35. The highest BCUT2D eigenvalue weighted by Gasteiger charge is 1.96. The molecule has 0 unspecified atom stereocenters. The van der Waals surface area contributed by atoms with E-state index < -0.39 is 0 Å². The molecule has 1 aromatic carbocycles. The molecular weight excluding hydrogens is 145 g/mol. The van der Waals surface area contributed by atoms with Gasteiger partial charge in [0.25, 0.3) is 0 Å². The lowest BCUT2D eigenvalue weighted by molar-refractivity contribution is 1.37. The van der Waals surface area contributed by atoms with Crippen LogP contribution >= 0.6 is 0 Å². The summed E-state index contributed by atoms with van der Waals surface area (Å²) in [6.07, 6.45) is 2.91. The predicted molar refractivity (Wildman–Crippen MR) is 54.0 cm³/mol. The van der Waals surface area contributed by atoms with Crippen LogP contribution in [0.2, 0.25) is 0 Å². The third-order valence-corrected chi connectivity index (χ3v) is 2.12. The molecule has 2 heteroatoms. The maximum Gasteiger partial charge on any atom is 0.107 e. The Kier molecular flexibility index (Phi) is 1.82. The Morgan fingerprint density at radius 2 is 2.08 bits per heavy atom. The van der Waals surface area contributed by atoms with Crippen LogP contribution in [0.15, 0.2) is 36.5 Å². The molecule has 0 radical (unpaired) electrons. The predicted octanol–water partition coefficient (Wildman–Crippen LogP) is 1.37. The van der Waals surface area contributed by atoms with Crippen molar-refractivity contribution in [1.29, 1.82) is 0 Å². The molecule has 0 aliphatic carbocycles. The van der Waals surface area contributed by atoms with Crippen molar-refractivity contribution in [1.82, 2.24) is 4.98 Å². The second-order valence-corrected chi connectivity index (χ2v) is 2.84. The van der Waals surface area contributed by atoms with E-state index in [9.17, 15) is 0 Å². The van der Waals surface area contributed by atoms with Gasteiger partial charge in [-0.15, -0.1) is 0 Å². The van der Waals surface area contributed by atoms with Crippen LogP contribution in [0.4, 0.5) is 0 Å². The molecule has 2 aromatic rings. The van der Waals surface area contributed by atoms with E-state index in [1.807, 2.05) is 12.3 Å². The van der Waals surface area contributed by atoms with Crippen molar-refractivity contribution in [3.8, 4) is 0 Å². The zero-order chi connectivity index (χ0) is 8.39. The number of hydrogen-bond donors (Lipinski definition) is 0. The molecule has 1 aromatic heterocycles. The Labute approximate surface area is 72.8 Å². The van der Waals surface area contributed by atoms with E-state index in [1.165, 1.54) is 10.9 Å². The summed E-state index contributed by atoms with van der Waals surface area (Å²) in [4.78, 5) is 4.29. The first-order valence-electron chi connectivity index (χ1n) is 4.24. The van der Waals surface area contributed by atoms with E-state index in [2.05, 4.69) is 37.1 Å². The van der Waals surface area contributed by atoms with Gasteiger partial charge < -0.3 is 0 Å². The molecule has 0 fully saturated rings. The largest absolute Gasteiger partial charge is 0.256 e. The van der Waals surface area contributed by atoms with Crippen LogP contribution in [0, 0.1) is 0 Å². The van der Waals surface area contributed by atoms with E-state index in [0.717, 1.165) is 11.8 Å². The number of nitrogens with zero attached hydrogens (tertiary/aromatic N) is 1. The summed E-state index contributed by atoms with van der Waals surface area (Å²) in [5.41, 5.74) is 2.47. The molecule has 0 atom stereocenters. The van der Waals surface area contributed by atoms with E-state index in [1.54, 1.807) is 0 Å². The van der Waals surface area contributed by atoms with Gasteiger partial charge in [0.15, 0.2) is 0 Å². The smallest absolute Gasteiger partial charge is 0.107 e. The lowest BCUT2D eigenvalue weighted by Crippen LogP contribution is -1.86. The lowest BCUT2D eigenvalue weighted by Gasteiger charge is -2.01. The summed E-state index contributed by atoms with van der Waals surface area (Å²) >= 11 is 0. The second kappa shape index (κ2) is 2.98. The average molecular weight is 155 g/mol. The van der Waals surface area contributed by atoms with E-state index in [-0.39, 0.29) is 0 Å². The standard InChI is InChI=1S/C10H10BN/c11-7-8-3-1-5-10-9(8)4-2-6-12-10/h1-6H,7,11H2. The fourth-order valence-electron chi connectivity index (χ4n) is 1.48. The highest BCUT2D eigenvalue weighted by molar-refractivity contribution is 6.09. The first-order valence-corrected chi connectivity index (χ1v) is 4.24. The summed E-state index contributed by atoms with van der Waals surface area (Å²) in [7, 11) is 2.17. The number of hydrogen-bond acceptors (Lipinski definition) is 1. The summed E-state index contributed by atoms with van der Waals surface area (Å²) in [5.74, 6) is 0. The van der Waals surface area contributed by atoms with E-state index in [4.69, 9.17) is 0 Å². The Balaban J connectivity index is 2.79. The summed E-state index contributed by atoms with van der Waals surface area (Å²) in [6, 6.07) is 10.4. The molecule has 0 aliphatic heterocycles. The average Bonchev–Trinajstić information content (AvgIpc) is 2.17. The first-order chi connectivity index (χ1) is 5.92. The zero-order valence-corrected chi connectivity index (χ0v) is 7.12. The molecule has 2 rings (SSSR count). The molecule has 0 spiro atoms. The van der Waals surface area contributed by atoms with E-state index >= 15 is 0 Å². The summed E-state index contributed by atoms with van der Waals surface area (Å²) in [6.45, 7) is 0. The van der Waals surface area contributed by atoms with Crippen molar-refractivity contribution >= 4 is 18.7 Å². The van der Waals surface area contributed by atoms with Gasteiger partial charge >= 0.3 is 0 Å². The van der Waals surface area contributed by atoms with Gasteiger partial charge in [-0.2, -0.15) is 0 Å². The third-order valence-electron chi connectivity index (χ3n) is 2.12. The van der Waals surface area contributed by atoms with E-state index in [0.29, 0.717) is 0 Å². The van der Waals surface area contributed by atoms with Crippen molar-refractivity contribution in [3.63, 3.8) is 0 Å². The quantitative estimate of drug-likeness (QED) is 0.566. The van der Waals surface area contributed by atoms with Crippen molar-refractivity contribution in [2.24, 2.45) is 0 Å². The number of benzene rings is 1. The van der Waals surface area contributed by atoms with Gasteiger partial charge in [0.05, 0.1) is 5.52 Å². The maximum atomic E-state index is 4.29. The SMILES string of the molecule is BCc1cccc2ncccc12. The molecule has 1 heterocycles. The topological polar surface area (TPSA) is 12.9 Å². The maximum absolute atomic E-state index is 4.29. The Bertz CT molecular complexity index is 392. The van der Waals surface area contributed by atoms with Gasteiger partial charge in [0, 0.05) is 11.6 Å². The fraction of sp³-hybridized carbons (Fsp3) is 0.100. The van der Waals surface area contributed by atoms with Gasteiger partial charge in [-0.3, -0.25) is 4.98 Å². The summed E-state index contributed by atoms with van der Waals surface area (Å²) < 4.78 is 0. The van der Waals surface area contributed by atoms with Gasteiger partial charge in [-0.05, 0) is 17.7 Å². The minimum Gasteiger partial charge on any atom is -0.256 e. The molecule has 0 bridgehead atoms. The highest BCUT2D eigenvalue weighted by atomic mass is 14.6. The van der Waals surface area contributed by atoms with Crippen molar-refractivity contribution in [3.05, 3.63) is 42.1 Å². The molecule has 0 amide bonds. The van der Waals surface area contributed by atoms with Crippen LogP contribution in [-0.4, -0.2) is 12.8 Å². The Morgan fingerprint density at radius 3 is 2.92 bits per heavy atom. The third kappa shape index (κ3) is 1.09. The minimum absolute atomic E-state index is 1.07. The molecule has 1 nitrogen and oxygen atoms in total. The fourth-order valence-corrected chi connectivity index (χ4v) is 1.48. The molecule has 0 aliphatic rings. The van der Waals surface area contributed by atoms with Crippen LogP contribution in [0.1, 0.15) is 5.56 Å². The number of pyridine rings is 1. The molecule has 0 saturated carbocycles. The Morgan fingerprint density at radius 1 is 1.17 bits per heavy atom. The zero-order valence-electron chi connectivity index (χ0n) is 7.12. The lowest BCUT2D eigenvalue weighted by atomic mass is 9.94. The van der Waals surface area contributed by atoms with Gasteiger partial charge in [0.1, 0.15) is 7.85 Å². The van der Waals surface area contributed by atoms with Crippen LogP contribution in [0.5, 0.6) is 0 Å². The number of fused-ring (bicyclic) bond motifs is 1. The normalized spacial score (nSPS) is 10.3. The molecule has 0 N–H and O–H groups in total. The number of rotatable bonds is 1. The molecular formula is C10H10BN. The Hall–Kier alpha value is -1.31. The van der Waals surface area contributed by atoms with Crippen LogP contribution in [-0.2, 0) is 6.32 Å². The highest BCUT2D eigenvalue weighted by Crippen LogP contribution is 2.15. The molecule has 0 saturated heterocycles. The van der Waals surface area contributed by atoms with Gasteiger partial charge in [-0.1, -0.05) is 24.5 Å². The van der Waals surface area contributed by atoms with Crippen molar-refractivity contribution in [2.75, 3.05) is 0 Å². The van der Waals surface area contributed by atoms with Crippen LogP contribution < -0.4 is 0 Å². The van der Waals surface area contributed by atoms with Gasteiger partial charge in [-0.25, -0.2) is 0 Å². The molecule has 58 valence electrons. The minimum atomic E-state index is 1.07. The molecule has 12 heavy (non-hydrogen) atoms. The summed E-state index contributed by atoms with van der Waals surface area (Å²) in [5, 5.41) is 1.28. The van der Waals surface area contributed by atoms with Crippen LogP contribution in [0.25, 0.3) is 10.9 Å². The number of aromatic nitrogens is 1. The van der Waals surface area contributed by atoms with Crippen LogP contribution in [0.3, 0.4) is 0 Å². The van der Waals surface area contributed by atoms with Crippen molar-refractivity contribution in [2.45, 2.75) is 6.32 Å². The second-order valence-electron chi connectivity index (χ2n) is 2.84. The van der Waals surface area contributed by atoms with Gasteiger partial charge in [0.2, 0.25) is 0 Å². The van der Waals surface area contributed by atoms with Crippen molar-refractivity contribution < 1.29 is 0 Å².